The summed E-state index contributed by atoms with van der Waals surface area (Å²) in [7, 11) is 3.30. The quantitative estimate of drug-likeness (QED) is 0.793. The number of benzene rings is 1. The first-order chi connectivity index (χ1) is 13.0. The molecule has 2 aliphatic carbocycles. The van der Waals surface area contributed by atoms with Crippen LogP contribution in [0.5, 0.6) is 0 Å². The Morgan fingerprint density at radius 2 is 1.93 bits per heavy atom. The highest BCUT2D eigenvalue weighted by Crippen LogP contribution is 2.43. The summed E-state index contributed by atoms with van der Waals surface area (Å²) in [6.45, 7) is 0. The number of amides is 1. The van der Waals surface area contributed by atoms with E-state index in [1.54, 1.807) is 0 Å². The topological polar surface area (TPSA) is 60.3 Å². The Kier molecular flexibility index (Phi) is 4.66. The Hall–Kier alpha value is -2.01. The van der Waals surface area contributed by atoms with Crippen LogP contribution in [0.15, 0.2) is 18.2 Å². The first-order valence-electron chi connectivity index (χ1n) is 9.65. The number of ether oxygens (including phenoxy) is 1. The van der Waals surface area contributed by atoms with Gasteiger partial charge < -0.3 is 14.6 Å². The van der Waals surface area contributed by atoms with Gasteiger partial charge >= 0.3 is 5.97 Å². The number of carbonyl (C=O) groups excluding carboxylic acids is 2. The van der Waals surface area contributed by atoms with Crippen molar-refractivity contribution in [2.75, 3.05) is 7.11 Å². The third-order valence-corrected chi connectivity index (χ3v) is 6.78. The standard InChI is InChI=1S/C21H25ClN2O3/c1-24-16-12-14(19(25)23-21(10-5-11-21)20(26)27-2)8-9-15(16)17(18(24)22)13-6-3-4-7-13/h8-9,12-13H,3-7,10-11H2,1-2H3,(H,23,25). The van der Waals surface area contributed by atoms with E-state index in [-0.39, 0.29) is 11.9 Å². The maximum absolute atomic E-state index is 12.8. The molecular formula is C21H25ClN2O3. The van der Waals surface area contributed by atoms with E-state index >= 15 is 0 Å². The lowest BCUT2D eigenvalue weighted by atomic mass is 9.76. The number of hydrogen-bond donors (Lipinski definition) is 1. The average Bonchev–Trinajstić information content (AvgIpc) is 3.24. The van der Waals surface area contributed by atoms with E-state index in [1.165, 1.54) is 38.4 Å². The Morgan fingerprint density at radius 1 is 1.22 bits per heavy atom. The van der Waals surface area contributed by atoms with Gasteiger partial charge in [0.05, 0.1) is 7.11 Å². The van der Waals surface area contributed by atoms with Gasteiger partial charge in [-0.1, -0.05) is 30.5 Å². The Bertz CT molecular complexity index is 908. The minimum atomic E-state index is -0.873. The van der Waals surface area contributed by atoms with Crippen molar-refractivity contribution in [3.8, 4) is 0 Å². The fourth-order valence-corrected chi connectivity index (χ4v) is 4.92. The van der Waals surface area contributed by atoms with E-state index in [0.717, 1.165) is 22.5 Å². The Balaban J connectivity index is 1.66. The molecule has 0 saturated heterocycles. The van der Waals surface area contributed by atoms with Gasteiger partial charge in [0.25, 0.3) is 5.91 Å². The molecule has 0 unspecified atom stereocenters. The van der Waals surface area contributed by atoms with Gasteiger partial charge in [-0.3, -0.25) is 4.79 Å². The molecule has 4 rings (SSSR count). The van der Waals surface area contributed by atoms with Crippen LogP contribution >= 0.6 is 11.6 Å². The lowest BCUT2D eigenvalue weighted by molar-refractivity contribution is -0.152. The molecule has 6 heteroatoms. The van der Waals surface area contributed by atoms with E-state index in [2.05, 4.69) is 5.32 Å². The van der Waals surface area contributed by atoms with E-state index < -0.39 is 5.54 Å². The predicted molar refractivity (Wildman–Crippen MR) is 105 cm³/mol. The van der Waals surface area contributed by atoms with Crippen LogP contribution in [0.25, 0.3) is 10.9 Å². The number of esters is 1. The molecule has 0 atom stereocenters. The van der Waals surface area contributed by atoms with Crippen molar-refractivity contribution in [2.45, 2.75) is 56.4 Å². The molecule has 2 saturated carbocycles. The summed E-state index contributed by atoms with van der Waals surface area (Å²) in [5.41, 5.74) is 1.83. The van der Waals surface area contributed by atoms with Crippen molar-refractivity contribution in [1.82, 2.24) is 9.88 Å². The number of carbonyl (C=O) groups is 2. The summed E-state index contributed by atoms with van der Waals surface area (Å²) in [5, 5.41) is 4.79. The third-order valence-electron chi connectivity index (χ3n) is 6.33. The normalized spacial score (nSPS) is 19.1. The summed E-state index contributed by atoms with van der Waals surface area (Å²) < 4.78 is 6.84. The molecular weight excluding hydrogens is 364 g/mol. The first-order valence-corrected chi connectivity index (χ1v) is 10.0. The molecule has 1 amide bonds. The predicted octanol–water partition coefficient (Wildman–Crippen LogP) is 4.31. The number of methoxy groups -OCH3 is 1. The zero-order valence-corrected chi connectivity index (χ0v) is 16.6. The second kappa shape index (κ2) is 6.86. The van der Waals surface area contributed by atoms with Crippen LogP contribution in [0.4, 0.5) is 0 Å². The van der Waals surface area contributed by atoms with Crippen LogP contribution in [-0.2, 0) is 16.6 Å². The van der Waals surface area contributed by atoms with Crippen molar-refractivity contribution in [1.29, 1.82) is 0 Å². The van der Waals surface area contributed by atoms with Gasteiger partial charge in [-0.15, -0.1) is 0 Å². The van der Waals surface area contributed by atoms with Crippen LogP contribution in [0.2, 0.25) is 5.15 Å². The number of rotatable bonds is 4. The number of aryl methyl sites for hydroxylation is 1. The summed E-state index contributed by atoms with van der Waals surface area (Å²) >= 11 is 6.65. The summed E-state index contributed by atoms with van der Waals surface area (Å²) in [6.07, 6.45) is 6.98. The number of hydrogen-bond acceptors (Lipinski definition) is 3. The highest BCUT2D eigenvalue weighted by molar-refractivity contribution is 6.32. The van der Waals surface area contributed by atoms with Gasteiger partial charge in [-0.05, 0) is 55.7 Å². The SMILES string of the molecule is COC(=O)C1(NC(=O)c2ccc3c(C4CCCC4)c(Cl)n(C)c3c2)CCC1. The smallest absolute Gasteiger partial charge is 0.331 e. The first kappa shape index (κ1) is 18.4. The van der Waals surface area contributed by atoms with Crippen molar-refractivity contribution in [3.05, 3.63) is 34.5 Å². The summed E-state index contributed by atoms with van der Waals surface area (Å²) in [4.78, 5) is 24.9. The van der Waals surface area contributed by atoms with E-state index in [9.17, 15) is 9.59 Å². The Labute approximate surface area is 164 Å². The van der Waals surface area contributed by atoms with Gasteiger partial charge in [0.2, 0.25) is 0 Å². The van der Waals surface area contributed by atoms with Gasteiger partial charge in [-0.2, -0.15) is 0 Å². The van der Waals surface area contributed by atoms with Crippen molar-refractivity contribution in [3.63, 3.8) is 0 Å². The molecule has 1 N–H and O–H groups in total. The molecule has 0 aliphatic heterocycles. The van der Waals surface area contributed by atoms with Crippen LogP contribution in [0.3, 0.4) is 0 Å². The van der Waals surface area contributed by atoms with Gasteiger partial charge in [-0.25, -0.2) is 4.79 Å². The maximum Gasteiger partial charge on any atom is 0.331 e. The summed E-state index contributed by atoms with van der Waals surface area (Å²) in [6, 6.07) is 5.70. The molecule has 0 bridgehead atoms. The minimum absolute atomic E-state index is 0.248. The average molecular weight is 389 g/mol. The molecule has 0 spiro atoms. The Morgan fingerprint density at radius 3 is 2.52 bits per heavy atom. The molecule has 0 radical (unpaired) electrons. The van der Waals surface area contributed by atoms with Crippen LogP contribution in [0, 0.1) is 0 Å². The molecule has 1 aromatic heterocycles. The zero-order chi connectivity index (χ0) is 19.2. The van der Waals surface area contributed by atoms with Crippen molar-refractivity contribution < 1.29 is 14.3 Å². The third kappa shape index (κ3) is 2.92. The molecule has 1 heterocycles. The van der Waals surface area contributed by atoms with E-state index in [0.29, 0.717) is 24.3 Å². The van der Waals surface area contributed by atoms with Crippen molar-refractivity contribution in [2.24, 2.45) is 7.05 Å². The highest BCUT2D eigenvalue weighted by Gasteiger charge is 2.46. The van der Waals surface area contributed by atoms with Crippen LogP contribution in [0.1, 0.15) is 66.8 Å². The lowest BCUT2D eigenvalue weighted by Crippen LogP contribution is -2.59. The number of halogens is 1. The van der Waals surface area contributed by atoms with E-state index in [4.69, 9.17) is 16.3 Å². The second-order valence-corrected chi connectivity index (χ2v) is 8.22. The number of nitrogens with one attached hydrogen (secondary N) is 1. The lowest BCUT2D eigenvalue weighted by Gasteiger charge is -2.39. The monoisotopic (exact) mass is 388 g/mol. The molecule has 2 aliphatic rings. The van der Waals surface area contributed by atoms with Crippen molar-refractivity contribution >= 4 is 34.4 Å². The maximum atomic E-state index is 12.8. The van der Waals surface area contributed by atoms with Crippen LogP contribution in [-0.4, -0.2) is 29.1 Å². The number of aromatic nitrogens is 1. The van der Waals surface area contributed by atoms with Gasteiger partial charge in [0, 0.05) is 23.5 Å². The molecule has 144 valence electrons. The summed E-state index contributed by atoms with van der Waals surface area (Å²) in [5.74, 6) is -0.117. The number of fused-ring (bicyclic) bond motifs is 1. The zero-order valence-electron chi connectivity index (χ0n) is 15.8. The van der Waals surface area contributed by atoms with Gasteiger partial charge in [0.15, 0.2) is 0 Å². The van der Waals surface area contributed by atoms with E-state index in [1.807, 2.05) is 29.8 Å². The highest BCUT2D eigenvalue weighted by atomic mass is 35.5. The largest absolute Gasteiger partial charge is 0.467 e. The second-order valence-electron chi connectivity index (χ2n) is 7.86. The molecule has 2 fully saturated rings. The molecule has 2 aromatic rings. The van der Waals surface area contributed by atoms with Gasteiger partial charge in [0.1, 0.15) is 10.7 Å². The fraction of sp³-hybridized carbons (Fsp3) is 0.524. The minimum Gasteiger partial charge on any atom is -0.467 e. The molecule has 5 nitrogen and oxygen atoms in total. The van der Waals surface area contributed by atoms with Crippen LogP contribution < -0.4 is 5.32 Å². The number of nitrogens with zero attached hydrogens (tertiary/aromatic N) is 1. The fourth-order valence-electron chi connectivity index (χ4n) is 4.57. The molecule has 27 heavy (non-hydrogen) atoms. The molecule has 1 aromatic carbocycles.